The Balaban J connectivity index is 1.33. The van der Waals surface area contributed by atoms with Crippen LogP contribution in [-0.4, -0.2) is 40.1 Å². The van der Waals surface area contributed by atoms with E-state index in [4.69, 9.17) is 16.7 Å². The van der Waals surface area contributed by atoms with Gasteiger partial charge in [0.2, 0.25) is 0 Å². The minimum absolute atomic E-state index is 0.0249. The van der Waals surface area contributed by atoms with Crippen molar-refractivity contribution < 1.29 is 4.79 Å². The van der Waals surface area contributed by atoms with Gasteiger partial charge in [0.15, 0.2) is 5.78 Å². The predicted molar refractivity (Wildman–Crippen MR) is 145 cm³/mol. The summed E-state index contributed by atoms with van der Waals surface area (Å²) in [6, 6.07) is 25.1. The Hall–Kier alpha value is -3.28. The Kier molecular flexibility index (Phi) is 7.59. The summed E-state index contributed by atoms with van der Waals surface area (Å²) < 4.78 is 1.73. The second-order valence-corrected chi connectivity index (χ2v) is 9.95. The fraction of sp³-hybridized carbons (Fsp3) is 0.300. The molecule has 0 spiro atoms. The number of likely N-dealkylation sites (tertiary alicyclic amines) is 1. The molecule has 6 heteroatoms. The SMILES string of the molecule is O=C(CCN1CCCC(n2nc(Cc3ccc(Cl)cc3)c3ccccc3c2=O)CC1)c1ccccc1. The molecule has 5 rings (SSSR count). The van der Waals surface area contributed by atoms with Gasteiger partial charge in [-0.05, 0) is 49.6 Å². The maximum absolute atomic E-state index is 13.5. The number of nitrogens with zero attached hydrogens (tertiary/aromatic N) is 3. The molecular formula is C30H30ClN3O2. The number of fused-ring (bicyclic) bond motifs is 1. The topological polar surface area (TPSA) is 55.2 Å². The molecule has 0 amide bonds. The van der Waals surface area contributed by atoms with E-state index in [1.165, 1.54) is 0 Å². The molecule has 1 saturated heterocycles. The molecule has 2 heterocycles. The molecule has 1 unspecified atom stereocenters. The molecule has 1 fully saturated rings. The van der Waals surface area contributed by atoms with Crippen LogP contribution in [0.5, 0.6) is 0 Å². The highest BCUT2D eigenvalue weighted by molar-refractivity contribution is 6.30. The molecule has 0 N–H and O–H groups in total. The van der Waals surface area contributed by atoms with E-state index in [1.54, 1.807) is 4.68 Å². The minimum atomic E-state index is -0.0249. The van der Waals surface area contributed by atoms with Crippen molar-refractivity contribution >= 4 is 28.2 Å². The number of Topliss-reactive ketones (excluding diaryl/α,β-unsaturated/α-hetero) is 1. The number of hydrogen-bond donors (Lipinski definition) is 0. The monoisotopic (exact) mass is 499 g/mol. The van der Waals surface area contributed by atoms with Gasteiger partial charge in [-0.15, -0.1) is 0 Å². The fourth-order valence-electron chi connectivity index (χ4n) is 5.08. The molecule has 1 aliphatic rings. The van der Waals surface area contributed by atoms with Crippen LogP contribution in [0.4, 0.5) is 0 Å². The summed E-state index contributed by atoms with van der Waals surface area (Å²) in [5.41, 5.74) is 2.76. The lowest BCUT2D eigenvalue weighted by atomic mass is 10.0. The van der Waals surface area contributed by atoms with E-state index in [2.05, 4.69) is 4.90 Å². The number of rotatable bonds is 7. The van der Waals surface area contributed by atoms with Crippen molar-refractivity contribution in [2.24, 2.45) is 0 Å². The van der Waals surface area contributed by atoms with Gasteiger partial charge in [0, 0.05) is 41.9 Å². The zero-order valence-electron chi connectivity index (χ0n) is 20.3. The number of carbonyl (C=O) groups excluding carboxylic acids is 1. The molecule has 0 bridgehead atoms. The van der Waals surface area contributed by atoms with E-state index in [0.717, 1.165) is 61.1 Å². The smallest absolute Gasteiger partial charge is 0.274 e. The summed E-state index contributed by atoms with van der Waals surface area (Å²) >= 11 is 6.07. The Labute approximate surface area is 216 Å². The Bertz CT molecular complexity index is 1400. The zero-order chi connectivity index (χ0) is 24.9. The van der Waals surface area contributed by atoms with Crippen LogP contribution in [0.15, 0.2) is 83.7 Å². The number of ketones is 1. The molecular weight excluding hydrogens is 470 g/mol. The van der Waals surface area contributed by atoms with E-state index < -0.39 is 0 Å². The van der Waals surface area contributed by atoms with Crippen LogP contribution in [0.3, 0.4) is 0 Å². The quantitative estimate of drug-likeness (QED) is 0.295. The molecule has 1 aliphatic heterocycles. The zero-order valence-corrected chi connectivity index (χ0v) is 21.0. The molecule has 184 valence electrons. The van der Waals surface area contributed by atoms with Crippen LogP contribution in [0, 0.1) is 0 Å². The summed E-state index contributed by atoms with van der Waals surface area (Å²) in [7, 11) is 0. The first-order valence-corrected chi connectivity index (χ1v) is 13.0. The van der Waals surface area contributed by atoms with Crippen LogP contribution in [0.1, 0.15) is 53.3 Å². The van der Waals surface area contributed by atoms with Crippen molar-refractivity contribution in [2.45, 2.75) is 38.1 Å². The minimum Gasteiger partial charge on any atom is -0.303 e. The van der Waals surface area contributed by atoms with E-state index in [0.29, 0.717) is 23.3 Å². The van der Waals surface area contributed by atoms with Gasteiger partial charge in [0.25, 0.3) is 5.56 Å². The summed E-state index contributed by atoms with van der Waals surface area (Å²) in [6.07, 6.45) is 3.85. The summed E-state index contributed by atoms with van der Waals surface area (Å²) in [4.78, 5) is 28.4. The van der Waals surface area contributed by atoms with Gasteiger partial charge < -0.3 is 4.90 Å². The van der Waals surface area contributed by atoms with Gasteiger partial charge in [0.05, 0.1) is 17.1 Å². The Morgan fingerprint density at radius 2 is 1.61 bits per heavy atom. The Morgan fingerprint density at radius 3 is 2.39 bits per heavy atom. The van der Waals surface area contributed by atoms with Gasteiger partial charge >= 0.3 is 0 Å². The van der Waals surface area contributed by atoms with E-state index in [1.807, 2.05) is 78.9 Å². The third-order valence-corrected chi connectivity index (χ3v) is 7.33. The molecule has 1 aromatic heterocycles. The van der Waals surface area contributed by atoms with Gasteiger partial charge in [-0.3, -0.25) is 9.59 Å². The fourth-order valence-corrected chi connectivity index (χ4v) is 5.21. The largest absolute Gasteiger partial charge is 0.303 e. The van der Waals surface area contributed by atoms with Crippen molar-refractivity contribution in [1.82, 2.24) is 14.7 Å². The lowest BCUT2D eigenvalue weighted by Gasteiger charge is -2.21. The average Bonchev–Trinajstić information content (AvgIpc) is 3.16. The second-order valence-electron chi connectivity index (χ2n) is 9.51. The molecule has 1 atom stereocenters. The number of halogens is 1. The molecule has 0 radical (unpaired) electrons. The highest BCUT2D eigenvalue weighted by atomic mass is 35.5. The van der Waals surface area contributed by atoms with Crippen molar-refractivity contribution in [1.29, 1.82) is 0 Å². The first kappa shape index (κ1) is 24.4. The molecule has 36 heavy (non-hydrogen) atoms. The van der Waals surface area contributed by atoms with E-state index in [9.17, 15) is 9.59 Å². The number of benzene rings is 3. The lowest BCUT2D eigenvalue weighted by Crippen LogP contribution is -2.31. The third-order valence-electron chi connectivity index (χ3n) is 7.08. The average molecular weight is 500 g/mol. The molecule has 0 aliphatic carbocycles. The van der Waals surface area contributed by atoms with Crippen LogP contribution < -0.4 is 5.56 Å². The molecule has 0 saturated carbocycles. The normalized spacial score (nSPS) is 16.6. The third kappa shape index (κ3) is 5.58. The van der Waals surface area contributed by atoms with Crippen molar-refractivity contribution in [3.63, 3.8) is 0 Å². The van der Waals surface area contributed by atoms with Crippen LogP contribution in [-0.2, 0) is 6.42 Å². The van der Waals surface area contributed by atoms with E-state index in [-0.39, 0.29) is 17.4 Å². The maximum atomic E-state index is 13.5. The molecule has 4 aromatic rings. The standard InChI is InChI=1S/C30H30ClN3O2/c31-24-14-12-22(13-15-24)21-28-26-10-4-5-11-27(26)30(36)34(32-28)25-9-6-18-33(19-16-25)20-17-29(35)23-7-2-1-3-8-23/h1-5,7-8,10-15,25H,6,9,16-21H2. The molecule has 3 aromatic carbocycles. The second kappa shape index (κ2) is 11.2. The summed E-state index contributed by atoms with van der Waals surface area (Å²) in [5, 5.41) is 7.24. The van der Waals surface area contributed by atoms with Crippen LogP contribution >= 0.6 is 11.6 Å². The Morgan fingerprint density at radius 1 is 0.889 bits per heavy atom. The van der Waals surface area contributed by atoms with Crippen LogP contribution in [0.2, 0.25) is 5.02 Å². The molecule has 5 nitrogen and oxygen atoms in total. The lowest BCUT2D eigenvalue weighted by molar-refractivity contribution is 0.0964. The van der Waals surface area contributed by atoms with Gasteiger partial charge in [0.1, 0.15) is 0 Å². The maximum Gasteiger partial charge on any atom is 0.274 e. The number of hydrogen-bond acceptors (Lipinski definition) is 4. The predicted octanol–water partition coefficient (Wildman–Crippen LogP) is 5.94. The van der Waals surface area contributed by atoms with E-state index >= 15 is 0 Å². The number of aromatic nitrogens is 2. The first-order chi connectivity index (χ1) is 17.6. The van der Waals surface area contributed by atoms with Gasteiger partial charge in [-0.25, -0.2) is 4.68 Å². The highest BCUT2D eigenvalue weighted by Crippen LogP contribution is 2.24. The van der Waals surface area contributed by atoms with Crippen LogP contribution in [0.25, 0.3) is 10.8 Å². The van der Waals surface area contributed by atoms with Crippen molar-refractivity contribution in [3.05, 3.63) is 111 Å². The number of carbonyl (C=O) groups is 1. The van der Waals surface area contributed by atoms with Crippen molar-refractivity contribution in [2.75, 3.05) is 19.6 Å². The summed E-state index contributed by atoms with van der Waals surface area (Å²) in [6.45, 7) is 2.51. The van der Waals surface area contributed by atoms with Crippen molar-refractivity contribution in [3.8, 4) is 0 Å². The van der Waals surface area contributed by atoms with Gasteiger partial charge in [-0.1, -0.05) is 72.3 Å². The first-order valence-electron chi connectivity index (χ1n) is 12.6. The summed E-state index contributed by atoms with van der Waals surface area (Å²) in [5.74, 6) is 0.177. The highest BCUT2D eigenvalue weighted by Gasteiger charge is 2.22. The van der Waals surface area contributed by atoms with Gasteiger partial charge in [-0.2, -0.15) is 5.10 Å².